The fraction of sp³-hybridized carbons (Fsp3) is 0.300. The van der Waals surface area contributed by atoms with Crippen LogP contribution >= 0.6 is 11.8 Å². The van der Waals surface area contributed by atoms with Gasteiger partial charge in [-0.15, -0.1) is 0 Å². The molecular formula is C20H22N2O2S. The van der Waals surface area contributed by atoms with E-state index in [1.165, 1.54) is 11.1 Å². The number of hydrogen-bond acceptors (Lipinski definition) is 4. The van der Waals surface area contributed by atoms with Gasteiger partial charge in [0.1, 0.15) is 5.75 Å². The molecule has 0 unspecified atom stereocenters. The maximum absolute atomic E-state index is 12.7. The molecule has 0 spiro atoms. The first-order valence-corrected chi connectivity index (χ1v) is 9.38. The van der Waals surface area contributed by atoms with Crippen molar-refractivity contribution in [2.24, 2.45) is 4.99 Å². The van der Waals surface area contributed by atoms with Crippen LogP contribution in [0, 0.1) is 6.92 Å². The summed E-state index contributed by atoms with van der Waals surface area (Å²) < 4.78 is 5.76. The van der Waals surface area contributed by atoms with Crippen LogP contribution in [0.3, 0.4) is 0 Å². The molecule has 3 rings (SSSR count). The van der Waals surface area contributed by atoms with Crippen LogP contribution in [-0.4, -0.2) is 35.2 Å². The van der Waals surface area contributed by atoms with Crippen LogP contribution in [0.25, 0.3) is 0 Å². The molecule has 0 fully saturated rings. The molecular weight excluding hydrogens is 332 g/mol. The molecule has 1 aliphatic heterocycles. The fourth-order valence-corrected chi connectivity index (χ4v) is 3.77. The molecule has 0 aromatic heterocycles. The smallest absolute Gasteiger partial charge is 0.269 e. The number of benzene rings is 2. The van der Waals surface area contributed by atoms with Gasteiger partial charge in [0, 0.05) is 12.3 Å². The zero-order valence-corrected chi connectivity index (χ0v) is 15.3. The second-order valence-electron chi connectivity index (χ2n) is 5.94. The SMILES string of the molecule is Cc1ccccc1CSC1=NCCN1C(=O)[C@@H](C)Oc1ccccc1. The van der Waals surface area contributed by atoms with E-state index in [4.69, 9.17) is 4.74 Å². The third kappa shape index (κ3) is 4.42. The number of para-hydroxylation sites is 1. The Morgan fingerprint density at radius 1 is 1.20 bits per heavy atom. The Morgan fingerprint density at radius 3 is 2.68 bits per heavy atom. The van der Waals surface area contributed by atoms with Crippen molar-refractivity contribution in [1.29, 1.82) is 0 Å². The van der Waals surface area contributed by atoms with Crippen LogP contribution in [0.2, 0.25) is 0 Å². The van der Waals surface area contributed by atoms with Gasteiger partial charge in [-0.3, -0.25) is 14.7 Å². The van der Waals surface area contributed by atoms with Crippen LogP contribution in [0.4, 0.5) is 0 Å². The van der Waals surface area contributed by atoms with Gasteiger partial charge in [0.2, 0.25) is 0 Å². The van der Waals surface area contributed by atoms with E-state index in [0.29, 0.717) is 18.8 Å². The highest BCUT2D eigenvalue weighted by molar-refractivity contribution is 8.13. The summed E-state index contributed by atoms with van der Waals surface area (Å²) in [4.78, 5) is 19.0. The summed E-state index contributed by atoms with van der Waals surface area (Å²) >= 11 is 1.61. The minimum absolute atomic E-state index is 0.0441. The molecule has 5 heteroatoms. The van der Waals surface area contributed by atoms with E-state index < -0.39 is 6.10 Å². The first-order valence-electron chi connectivity index (χ1n) is 8.40. The number of thioether (sulfide) groups is 1. The maximum Gasteiger partial charge on any atom is 0.269 e. The van der Waals surface area contributed by atoms with E-state index in [-0.39, 0.29) is 5.91 Å². The van der Waals surface area contributed by atoms with Crippen molar-refractivity contribution in [2.45, 2.75) is 25.7 Å². The van der Waals surface area contributed by atoms with Gasteiger partial charge >= 0.3 is 0 Å². The Bertz CT molecular complexity index is 761. The van der Waals surface area contributed by atoms with E-state index >= 15 is 0 Å². The zero-order chi connectivity index (χ0) is 17.6. The van der Waals surface area contributed by atoms with E-state index in [9.17, 15) is 4.79 Å². The highest BCUT2D eigenvalue weighted by atomic mass is 32.2. The van der Waals surface area contributed by atoms with Crippen LogP contribution in [0.5, 0.6) is 5.75 Å². The highest BCUT2D eigenvalue weighted by Crippen LogP contribution is 2.22. The Labute approximate surface area is 152 Å². The summed E-state index contributed by atoms with van der Waals surface area (Å²) in [6, 6.07) is 17.7. The van der Waals surface area contributed by atoms with Crippen molar-refractivity contribution >= 4 is 22.8 Å². The summed E-state index contributed by atoms with van der Waals surface area (Å²) in [7, 11) is 0. The Balaban J connectivity index is 1.60. The van der Waals surface area contributed by atoms with Gasteiger partial charge in [0.25, 0.3) is 5.91 Å². The lowest BCUT2D eigenvalue weighted by Crippen LogP contribution is -2.41. The van der Waals surface area contributed by atoms with Gasteiger partial charge in [-0.2, -0.15) is 0 Å². The number of ether oxygens (including phenoxy) is 1. The molecule has 0 radical (unpaired) electrons. The summed E-state index contributed by atoms with van der Waals surface area (Å²) in [5.41, 5.74) is 2.52. The third-order valence-electron chi connectivity index (χ3n) is 4.09. The molecule has 1 atom stereocenters. The standard InChI is InChI=1S/C20H22N2O2S/c1-15-8-6-7-9-17(15)14-25-20-21-12-13-22(20)19(23)16(2)24-18-10-4-3-5-11-18/h3-11,16H,12-14H2,1-2H3/t16-/m1/s1. The molecule has 0 bridgehead atoms. The number of aryl methyl sites for hydroxylation is 1. The topological polar surface area (TPSA) is 41.9 Å². The third-order valence-corrected chi connectivity index (χ3v) is 5.15. The van der Waals surface area contributed by atoms with E-state index in [2.05, 4.69) is 24.0 Å². The molecule has 25 heavy (non-hydrogen) atoms. The Kier molecular flexibility index (Phi) is 5.76. The van der Waals surface area contributed by atoms with E-state index in [1.54, 1.807) is 23.6 Å². The lowest BCUT2D eigenvalue weighted by Gasteiger charge is -2.22. The quantitative estimate of drug-likeness (QED) is 0.818. The molecule has 130 valence electrons. The van der Waals surface area contributed by atoms with Crippen molar-refractivity contribution in [3.05, 3.63) is 65.7 Å². The first-order chi connectivity index (χ1) is 12.1. The number of amidine groups is 1. The van der Waals surface area contributed by atoms with Gasteiger partial charge < -0.3 is 4.74 Å². The zero-order valence-electron chi connectivity index (χ0n) is 14.5. The molecule has 2 aromatic carbocycles. The maximum atomic E-state index is 12.7. The lowest BCUT2D eigenvalue weighted by atomic mass is 10.1. The number of aliphatic imine (C=N–C) groups is 1. The molecule has 0 N–H and O–H groups in total. The number of rotatable bonds is 5. The highest BCUT2D eigenvalue weighted by Gasteiger charge is 2.29. The average molecular weight is 354 g/mol. The molecule has 0 saturated heterocycles. The fourth-order valence-electron chi connectivity index (χ4n) is 2.64. The molecule has 4 nitrogen and oxygen atoms in total. The summed E-state index contributed by atoms with van der Waals surface area (Å²) in [5.74, 6) is 1.47. The Hall–Kier alpha value is -2.27. The molecule has 1 amide bonds. The predicted molar refractivity (Wildman–Crippen MR) is 103 cm³/mol. The van der Waals surface area contributed by atoms with Crippen molar-refractivity contribution in [3.63, 3.8) is 0 Å². The Morgan fingerprint density at radius 2 is 1.92 bits per heavy atom. The van der Waals surface area contributed by atoms with Gasteiger partial charge in [-0.05, 0) is 37.1 Å². The minimum atomic E-state index is -0.537. The van der Waals surface area contributed by atoms with Gasteiger partial charge in [0.15, 0.2) is 11.3 Å². The average Bonchev–Trinajstić information content (AvgIpc) is 3.09. The predicted octanol–water partition coefficient (Wildman–Crippen LogP) is 3.89. The van der Waals surface area contributed by atoms with Gasteiger partial charge in [-0.25, -0.2) is 0 Å². The van der Waals surface area contributed by atoms with E-state index in [0.717, 1.165) is 10.9 Å². The number of carbonyl (C=O) groups excluding carboxylic acids is 1. The van der Waals surface area contributed by atoms with Crippen LogP contribution in [-0.2, 0) is 10.5 Å². The monoisotopic (exact) mass is 354 g/mol. The van der Waals surface area contributed by atoms with Crippen molar-refractivity contribution in [2.75, 3.05) is 13.1 Å². The first kappa shape index (κ1) is 17.5. The van der Waals surface area contributed by atoms with Crippen molar-refractivity contribution < 1.29 is 9.53 Å². The number of amides is 1. The van der Waals surface area contributed by atoms with Crippen LogP contribution in [0.15, 0.2) is 59.6 Å². The number of hydrogen-bond donors (Lipinski definition) is 0. The summed E-state index contributed by atoms with van der Waals surface area (Å²) in [6.45, 7) is 5.17. The van der Waals surface area contributed by atoms with Gasteiger partial charge in [0.05, 0.1) is 6.54 Å². The van der Waals surface area contributed by atoms with E-state index in [1.807, 2.05) is 42.5 Å². The molecule has 1 heterocycles. The molecule has 1 aliphatic rings. The molecule has 0 saturated carbocycles. The normalized spacial score (nSPS) is 15.0. The van der Waals surface area contributed by atoms with Crippen molar-refractivity contribution in [3.8, 4) is 5.75 Å². The van der Waals surface area contributed by atoms with Gasteiger partial charge in [-0.1, -0.05) is 54.2 Å². The second-order valence-corrected chi connectivity index (χ2v) is 6.88. The molecule has 0 aliphatic carbocycles. The number of carbonyl (C=O) groups is 1. The number of nitrogens with zero attached hydrogens (tertiary/aromatic N) is 2. The second kappa shape index (κ2) is 8.21. The summed E-state index contributed by atoms with van der Waals surface area (Å²) in [6.07, 6.45) is -0.537. The lowest BCUT2D eigenvalue weighted by molar-refractivity contribution is -0.133. The summed E-state index contributed by atoms with van der Waals surface area (Å²) in [5, 5.41) is 0.789. The van der Waals surface area contributed by atoms with Crippen molar-refractivity contribution in [1.82, 2.24) is 4.90 Å². The largest absolute Gasteiger partial charge is 0.481 e. The van der Waals surface area contributed by atoms with Crippen LogP contribution in [0.1, 0.15) is 18.1 Å². The van der Waals surface area contributed by atoms with Crippen LogP contribution < -0.4 is 4.74 Å². The molecule has 2 aromatic rings. The minimum Gasteiger partial charge on any atom is -0.481 e.